The minimum absolute atomic E-state index is 0.0536. The predicted molar refractivity (Wildman–Crippen MR) is 73.3 cm³/mol. The van der Waals surface area contributed by atoms with Crippen LogP contribution in [0.4, 0.5) is 8.78 Å². The second kappa shape index (κ2) is 6.13. The van der Waals surface area contributed by atoms with Crippen molar-refractivity contribution in [1.82, 2.24) is 0 Å². The summed E-state index contributed by atoms with van der Waals surface area (Å²) in [5.41, 5.74) is 6.59. The number of halogens is 3. The van der Waals surface area contributed by atoms with Crippen molar-refractivity contribution in [2.24, 2.45) is 5.73 Å². The van der Waals surface area contributed by atoms with E-state index in [-0.39, 0.29) is 24.4 Å². The first-order valence-corrected chi connectivity index (χ1v) is 6.38. The fourth-order valence-electron chi connectivity index (χ4n) is 2.10. The number of benzene rings is 2. The lowest BCUT2D eigenvalue weighted by molar-refractivity contribution is 0.538. The molecule has 0 radical (unpaired) electrons. The summed E-state index contributed by atoms with van der Waals surface area (Å²) in [4.78, 5) is 0. The molecular formula is C15H14ClF2N. The van der Waals surface area contributed by atoms with Gasteiger partial charge in [-0.05, 0) is 36.7 Å². The van der Waals surface area contributed by atoms with Gasteiger partial charge >= 0.3 is 0 Å². The van der Waals surface area contributed by atoms with Crippen LogP contribution < -0.4 is 5.73 Å². The summed E-state index contributed by atoms with van der Waals surface area (Å²) in [6.45, 7) is 0.275. The first kappa shape index (κ1) is 14.0. The van der Waals surface area contributed by atoms with Gasteiger partial charge in [0.25, 0.3) is 0 Å². The van der Waals surface area contributed by atoms with E-state index in [2.05, 4.69) is 0 Å². The molecule has 0 saturated heterocycles. The minimum atomic E-state index is -0.550. The number of hydrogen-bond acceptors (Lipinski definition) is 1. The molecule has 1 nitrogen and oxygen atoms in total. The van der Waals surface area contributed by atoms with Crippen molar-refractivity contribution in [3.63, 3.8) is 0 Å². The summed E-state index contributed by atoms with van der Waals surface area (Å²) >= 11 is 6.10. The van der Waals surface area contributed by atoms with E-state index in [0.717, 1.165) is 5.56 Å². The van der Waals surface area contributed by atoms with Gasteiger partial charge in [0, 0.05) is 16.5 Å². The molecule has 0 amide bonds. The lowest BCUT2D eigenvalue weighted by Gasteiger charge is -2.17. The Morgan fingerprint density at radius 2 is 1.63 bits per heavy atom. The van der Waals surface area contributed by atoms with Crippen LogP contribution in [0.1, 0.15) is 17.0 Å². The Morgan fingerprint density at radius 3 is 2.21 bits per heavy atom. The largest absolute Gasteiger partial charge is 0.330 e. The fourth-order valence-corrected chi connectivity index (χ4v) is 2.39. The summed E-state index contributed by atoms with van der Waals surface area (Å²) in [6, 6.07) is 11.1. The van der Waals surface area contributed by atoms with Crippen LogP contribution in [0, 0.1) is 11.6 Å². The zero-order valence-electron chi connectivity index (χ0n) is 10.2. The van der Waals surface area contributed by atoms with Crippen molar-refractivity contribution < 1.29 is 8.78 Å². The average Bonchev–Trinajstić information content (AvgIpc) is 2.40. The van der Waals surface area contributed by atoms with E-state index in [9.17, 15) is 8.78 Å². The second-order valence-electron chi connectivity index (χ2n) is 4.36. The van der Waals surface area contributed by atoms with Crippen molar-refractivity contribution in [3.8, 4) is 0 Å². The summed E-state index contributed by atoms with van der Waals surface area (Å²) in [5.74, 6) is -1.31. The van der Waals surface area contributed by atoms with Gasteiger partial charge in [0.05, 0.1) is 0 Å². The first-order chi connectivity index (χ1) is 9.13. The molecule has 19 heavy (non-hydrogen) atoms. The number of rotatable bonds is 4. The Labute approximate surface area is 116 Å². The lowest BCUT2D eigenvalue weighted by atomic mass is 9.91. The molecule has 0 aliphatic heterocycles. The van der Waals surface area contributed by atoms with Crippen LogP contribution >= 0.6 is 11.6 Å². The second-order valence-corrected chi connectivity index (χ2v) is 4.77. The maximum absolute atomic E-state index is 13.6. The maximum Gasteiger partial charge on any atom is 0.129 e. The Balaban J connectivity index is 2.32. The molecular weight excluding hydrogens is 268 g/mol. The van der Waals surface area contributed by atoms with Gasteiger partial charge in [-0.1, -0.05) is 35.9 Å². The highest BCUT2D eigenvalue weighted by atomic mass is 35.5. The number of nitrogens with two attached hydrogens (primary N) is 1. The number of hydrogen-bond donors (Lipinski definition) is 1. The Bertz CT molecular complexity index is 552. The van der Waals surface area contributed by atoms with Crippen molar-refractivity contribution in [2.45, 2.75) is 12.3 Å². The molecule has 2 aromatic carbocycles. The van der Waals surface area contributed by atoms with Crippen LogP contribution in [0.2, 0.25) is 5.02 Å². The van der Waals surface area contributed by atoms with Crippen LogP contribution in [0.15, 0.2) is 42.5 Å². The van der Waals surface area contributed by atoms with Crippen molar-refractivity contribution in [1.29, 1.82) is 0 Å². The Kier molecular flexibility index (Phi) is 4.51. The SMILES string of the molecule is NCC(Cc1c(F)cccc1F)c1ccccc1Cl. The molecule has 0 aliphatic rings. The zero-order valence-corrected chi connectivity index (χ0v) is 11.0. The smallest absolute Gasteiger partial charge is 0.129 e. The van der Waals surface area contributed by atoms with E-state index < -0.39 is 11.6 Å². The topological polar surface area (TPSA) is 26.0 Å². The van der Waals surface area contributed by atoms with Crippen molar-refractivity contribution >= 4 is 11.6 Å². The van der Waals surface area contributed by atoms with Gasteiger partial charge in [-0.2, -0.15) is 0 Å². The molecule has 0 saturated carbocycles. The van der Waals surface area contributed by atoms with E-state index in [0.29, 0.717) is 5.02 Å². The highest BCUT2D eigenvalue weighted by Gasteiger charge is 2.18. The van der Waals surface area contributed by atoms with E-state index in [1.807, 2.05) is 18.2 Å². The van der Waals surface area contributed by atoms with E-state index in [4.69, 9.17) is 17.3 Å². The predicted octanol–water partition coefficient (Wildman–Crippen LogP) is 3.90. The van der Waals surface area contributed by atoms with Gasteiger partial charge < -0.3 is 5.73 Å². The Hall–Kier alpha value is -1.45. The van der Waals surface area contributed by atoms with Crippen LogP contribution in [-0.2, 0) is 6.42 Å². The minimum Gasteiger partial charge on any atom is -0.330 e. The molecule has 0 bridgehead atoms. The molecule has 2 aromatic rings. The third-order valence-electron chi connectivity index (χ3n) is 3.14. The molecule has 0 spiro atoms. The third kappa shape index (κ3) is 3.11. The molecule has 1 unspecified atom stereocenters. The molecule has 0 fully saturated rings. The molecule has 0 heterocycles. The highest BCUT2D eigenvalue weighted by molar-refractivity contribution is 6.31. The van der Waals surface area contributed by atoms with Crippen LogP contribution in [0.5, 0.6) is 0 Å². The van der Waals surface area contributed by atoms with Gasteiger partial charge in [-0.25, -0.2) is 8.78 Å². The fraction of sp³-hybridized carbons (Fsp3) is 0.200. The average molecular weight is 282 g/mol. The summed E-state index contributed by atoms with van der Waals surface area (Å²) in [5, 5.41) is 0.565. The summed E-state index contributed by atoms with van der Waals surface area (Å²) in [7, 11) is 0. The summed E-state index contributed by atoms with van der Waals surface area (Å²) in [6.07, 6.45) is 0.193. The van der Waals surface area contributed by atoms with Crippen molar-refractivity contribution in [2.75, 3.05) is 6.54 Å². The van der Waals surface area contributed by atoms with Gasteiger partial charge in [-0.3, -0.25) is 0 Å². The summed E-state index contributed by atoms with van der Waals surface area (Å²) < 4.78 is 27.3. The van der Waals surface area contributed by atoms with E-state index >= 15 is 0 Å². The molecule has 0 aromatic heterocycles. The van der Waals surface area contributed by atoms with Gasteiger partial charge in [0.2, 0.25) is 0 Å². The molecule has 4 heteroatoms. The molecule has 0 aliphatic carbocycles. The van der Waals surface area contributed by atoms with E-state index in [1.165, 1.54) is 18.2 Å². The molecule has 100 valence electrons. The monoisotopic (exact) mass is 281 g/mol. The first-order valence-electron chi connectivity index (χ1n) is 6.01. The Morgan fingerprint density at radius 1 is 1.00 bits per heavy atom. The lowest BCUT2D eigenvalue weighted by Crippen LogP contribution is -2.16. The zero-order chi connectivity index (χ0) is 13.8. The highest BCUT2D eigenvalue weighted by Crippen LogP contribution is 2.28. The maximum atomic E-state index is 13.6. The third-order valence-corrected chi connectivity index (χ3v) is 3.49. The quantitative estimate of drug-likeness (QED) is 0.904. The van der Waals surface area contributed by atoms with Gasteiger partial charge in [0.1, 0.15) is 11.6 Å². The van der Waals surface area contributed by atoms with Crippen LogP contribution in [0.25, 0.3) is 0 Å². The van der Waals surface area contributed by atoms with Crippen molar-refractivity contribution in [3.05, 3.63) is 70.2 Å². The van der Waals surface area contributed by atoms with Crippen LogP contribution in [0.3, 0.4) is 0 Å². The molecule has 1 atom stereocenters. The van der Waals surface area contributed by atoms with Gasteiger partial charge in [-0.15, -0.1) is 0 Å². The molecule has 2 N–H and O–H groups in total. The van der Waals surface area contributed by atoms with Gasteiger partial charge in [0.15, 0.2) is 0 Å². The standard InChI is InChI=1S/C15H14ClF2N/c16-13-5-2-1-4-11(13)10(9-19)8-12-14(17)6-3-7-15(12)18/h1-7,10H,8-9,19H2. The molecule has 2 rings (SSSR count). The van der Waals surface area contributed by atoms with Crippen LogP contribution in [-0.4, -0.2) is 6.54 Å². The normalized spacial score (nSPS) is 12.4. The van der Waals surface area contributed by atoms with E-state index in [1.54, 1.807) is 6.07 Å².